The molecule has 2 saturated heterocycles. The van der Waals surface area contributed by atoms with Gasteiger partial charge >= 0.3 is 31.1 Å². The van der Waals surface area contributed by atoms with E-state index in [-0.39, 0.29) is 31.1 Å². The first-order valence-electron chi connectivity index (χ1n) is 5.99. The Kier molecular flexibility index (Phi) is 7.20. The van der Waals surface area contributed by atoms with Crippen LogP contribution in [-0.2, 0) is 0 Å². The van der Waals surface area contributed by atoms with Crippen molar-refractivity contribution in [3.05, 3.63) is 11.2 Å². The van der Waals surface area contributed by atoms with Crippen LogP contribution in [-0.4, -0.2) is 36.1 Å². The molecule has 92 valence electrons. The summed E-state index contributed by atoms with van der Waals surface area (Å²) in [5.41, 5.74) is 0.354. The van der Waals surface area contributed by atoms with Gasteiger partial charge in [-0.25, -0.2) is 0 Å². The molecular formula is C13H26N2U. The normalized spacial score (nSPS) is 28.7. The second kappa shape index (κ2) is 6.78. The Bertz CT molecular complexity index is 184. The van der Waals surface area contributed by atoms with Crippen molar-refractivity contribution < 1.29 is 31.1 Å². The van der Waals surface area contributed by atoms with E-state index in [1.807, 2.05) is 0 Å². The zero-order valence-electron chi connectivity index (χ0n) is 11.7. The predicted octanol–water partition coefficient (Wildman–Crippen LogP) is 3.09. The van der Waals surface area contributed by atoms with Gasteiger partial charge in [-0.2, -0.15) is 20.8 Å². The van der Waals surface area contributed by atoms with Gasteiger partial charge in [-0.15, -0.1) is 12.6 Å². The van der Waals surface area contributed by atoms with Gasteiger partial charge in [-0.3, -0.25) is 4.90 Å². The van der Waals surface area contributed by atoms with Crippen molar-refractivity contribution in [3.8, 4) is 0 Å². The maximum atomic E-state index is 4.45. The quantitative estimate of drug-likeness (QED) is 0.521. The molecule has 0 amide bonds. The summed E-state index contributed by atoms with van der Waals surface area (Å²) in [4.78, 5) is 2.55. The maximum Gasteiger partial charge on any atom is 2.00 e. The predicted molar refractivity (Wildman–Crippen MR) is 67.1 cm³/mol. The van der Waals surface area contributed by atoms with Crippen molar-refractivity contribution in [2.24, 2.45) is 5.92 Å². The Morgan fingerprint density at radius 1 is 1.12 bits per heavy atom. The van der Waals surface area contributed by atoms with Gasteiger partial charge in [0.2, 0.25) is 0 Å². The molecule has 2 rings (SSSR count). The summed E-state index contributed by atoms with van der Waals surface area (Å²) in [6.45, 7) is 16.7. The molecule has 2 fully saturated rings. The van der Waals surface area contributed by atoms with Crippen LogP contribution in [0.4, 0.5) is 0 Å². The van der Waals surface area contributed by atoms with E-state index in [2.05, 4.69) is 51.8 Å². The van der Waals surface area contributed by atoms with Crippen LogP contribution >= 0.6 is 0 Å². The van der Waals surface area contributed by atoms with E-state index in [9.17, 15) is 0 Å². The van der Waals surface area contributed by atoms with Gasteiger partial charge in [0.05, 0.1) is 0 Å². The van der Waals surface area contributed by atoms with E-state index >= 15 is 0 Å². The van der Waals surface area contributed by atoms with Crippen LogP contribution in [0, 0.1) is 42.9 Å². The molecule has 0 aromatic carbocycles. The summed E-state index contributed by atoms with van der Waals surface area (Å²) < 4.78 is 0. The first kappa shape index (κ1) is 17.0. The molecule has 0 aromatic heterocycles. The molecule has 2 aliphatic rings. The summed E-state index contributed by atoms with van der Waals surface area (Å²) in [6, 6.07) is 0.689. The number of hydrogen-bond acceptors (Lipinski definition) is 1. The molecule has 2 aliphatic heterocycles. The number of rotatable bonds is 0. The van der Waals surface area contributed by atoms with Crippen molar-refractivity contribution in [1.29, 1.82) is 0 Å². The largest absolute Gasteiger partial charge is 2.00 e. The molecule has 2 heterocycles. The topological polar surface area (TPSA) is 17.3 Å². The molecule has 3 heteroatoms. The van der Waals surface area contributed by atoms with E-state index in [0.717, 1.165) is 12.5 Å². The average molecular weight is 448 g/mol. The fourth-order valence-electron chi connectivity index (χ4n) is 1.92. The Labute approximate surface area is 125 Å². The number of nitrogens with zero attached hydrogens (tertiary/aromatic N) is 2. The smallest absolute Gasteiger partial charge is 0.658 e. The summed E-state index contributed by atoms with van der Waals surface area (Å²) in [6.07, 6.45) is 0. The minimum Gasteiger partial charge on any atom is -0.658 e. The SMILES string of the molecule is CC(C)(C)N1CC2C[N-]C2C1.C[C-](C)C.[U+2]. The molecule has 0 spiro atoms. The van der Waals surface area contributed by atoms with Crippen LogP contribution in [0.5, 0.6) is 0 Å². The second-order valence-corrected chi connectivity index (χ2v) is 6.27. The van der Waals surface area contributed by atoms with Crippen molar-refractivity contribution in [1.82, 2.24) is 4.90 Å². The average Bonchev–Trinajstić information content (AvgIpc) is 2.24. The molecule has 0 aromatic rings. The maximum absolute atomic E-state index is 4.45. The second-order valence-electron chi connectivity index (χ2n) is 6.27. The van der Waals surface area contributed by atoms with Gasteiger partial charge < -0.3 is 11.2 Å². The number of likely N-dealkylation sites (tertiary alicyclic amines) is 1. The molecular weight excluding hydrogens is 422 g/mol. The summed E-state index contributed by atoms with van der Waals surface area (Å²) in [5.74, 6) is 2.31. The summed E-state index contributed by atoms with van der Waals surface area (Å²) in [5, 5.41) is 4.45. The summed E-state index contributed by atoms with van der Waals surface area (Å²) >= 11 is 0. The third-order valence-corrected chi connectivity index (χ3v) is 2.93. The fourth-order valence-corrected chi connectivity index (χ4v) is 1.92. The van der Waals surface area contributed by atoms with Gasteiger partial charge in [0.1, 0.15) is 0 Å². The van der Waals surface area contributed by atoms with Gasteiger partial charge in [-0.1, -0.05) is 5.92 Å². The van der Waals surface area contributed by atoms with Crippen molar-refractivity contribution in [2.45, 2.75) is 53.1 Å². The zero-order chi connectivity index (χ0) is 11.6. The zero-order valence-corrected chi connectivity index (χ0v) is 15.8. The van der Waals surface area contributed by atoms with Crippen molar-refractivity contribution in [2.75, 3.05) is 19.6 Å². The third-order valence-electron chi connectivity index (χ3n) is 2.93. The van der Waals surface area contributed by atoms with Gasteiger partial charge in [0.15, 0.2) is 0 Å². The molecule has 0 aliphatic carbocycles. The van der Waals surface area contributed by atoms with Gasteiger partial charge in [0, 0.05) is 5.54 Å². The Morgan fingerprint density at radius 3 is 1.81 bits per heavy atom. The van der Waals surface area contributed by atoms with Crippen LogP contribution in [0.2, 0.25) is 0 Å². The minimum absolute atomic E-state index is 0. The first-order chi connectivity index (χ1) is 6.80. The van der Waals surface area contributed by atoms with Crippen molar-refractivity contribution in [3.63, 3.8) is 0 Å². The van der Waals surface area contributed by atoms with E-state index in [1.165, 1.54) is 19.0 Å². The third kappa shape index (κ3) is 5.09. The first-order valence-corrected chi connectivity index (χ1v) is 5.99. The Morgan fingerprint density at radius 2 is 1.62 bits per heavy atom. The molecule has 2 nitrogen and oxygen atoms in total. The van der Waals surface area contributed by atoms with Crippen molar-refractivity contribution >= 4 is 0 Å². The van der Waals surface area contributed by atoms with Crippen LogP contribution in [0.25, 0.3) is 5.32 Å². The molecule has 2 atom stereocenters. The molecule has 0 N–H and O–H groups in total. The molecule has 16 heavy (non-hydrogen) atoms. The van der Waals surface area contributed by atoms with E-state index in [0.29, 0.717) is 11.6 Å². The minimum atomic E-state index is 0. The van der Waals surface area contributed by atoms with E-state index < -0.39 is 0 Å². The van der Waals surface area contributed by atoms with E-state index in [1.54, 1.807) is 0 Å². The van der Waals surface area contributed by atoms with Crippen LogP contribution in [0.3, 0.4) is 0 Å². The standard InChI is InChI=1S/C9H17N2.C4H9.U/c1-9(2,3)11-5-7-4-10-8(7)6-11;1-4(2)3;/h7-8H,4-6H2,1-3H3;1-3H3;/q2*-1;+2. The van der Waals surface area contributed by atoms with Gasteiger partial charge in [-0.05, 0) is 33.9 Å². The molecule has 0 bridgehead atoms. The van der Waals surface area contributed by atoms with Crippen LogP contribution in [0.1, 0.15) is 41.5 Å². The fraction of sp³-hybridized carbons (Fsp3) is 0.923. The van der Waals surface area contributed by atoms with Crippen LogP contribution < -0.4 is 0 Å². The van der Waals surface area contributed by atoms with Gasteiger partial charge in [0.25, 0.3) is 0 Å². The van der Waals surface area contributed by atoms with E-state index in [4.69, 9.17) is 0 Å². The Hall–Kier alpha value is 0.972. The summed E-state index contributed by atoms with van der Waals surface area (Å²) in [7, 11) is 0. The molecule has 0 radical (unpaired) electrons. The van der Waals surface area contributed by atoms with Crippen LogP contribution in [0.15, 0.2) is 0 Å². The molecule has 2 unspecified atom stereocenters. The Balaban J connectivity index is 0.000000397. The monoisotopic (exact) mass is 448 g/mol. The number of fused-ring (bicyclic) bond motifs is 1. The number of hydrogen-bond donors (Lipinski definition) is 0. The molecule has 0 saturated carbocycles.